The van der Waals surface area contributed by atoms with Crippen LogP contribution in [0.15, 0.2) is 48.0 Å². The molecule has 0 spiro atoms. The normalized spacial score (nSPS) is 25.5. The number of hydrogen-bond donors (Lipinski definition) is 1. The average molecular weight is 464 g/mol. The number of aliphatic hydroxyl groups is 1. The maximum atomic E-state index is 13.2. The third-order valence-electron chi connectivity index (χ3n) is 6.64. The number of ketones is 1. The second-order valence-electron chi connectivity index (χ2n) is 9.04. The Morgan fingerprint density at radius 1 is 1.18 bits per heavy atom. The molecule has 3 aliphatic rings. The first kappa shape index (κ1) is 22.5. The zero-order chi connectivity index (χ0) is 23.8. The van der Waals surface area contributed by atoms with Gasteiger partial charge in [-0.25, -0.2) is 0 Å². The quantitative estimate of drug-likeness (QED) is 0.396. The van der Waals surface area contributed by atoms with Crippen LogP contribution in [0.1, 0.15) is 49.4 Å². The molecule has 34 heavy (non-hydrogen) atoms. The number of nitrogens with zero attached hydrogens (tertiary/aromatic N) is 1. The van der Waals surface area contributed by atoms with E-state index in [0.717, 1.165) is 36.1 Å². The molecule has 2 aromatic carbocycles. The summed E-state index contributed by atoms with van der Waals surface area (Å²) in [7, 11) is 0. The Kier molecular flexibility index (Phi) is 6.04. The Balaban J connectivity index is 1.57. The molecule has 0 bridgehead atoms. The number of ether oxygens (including phenoxy) is 3. The van der Waals surface area contributed by atoms with E-state index >= 15 is 0 Å². The zero-order valence-electron chi connectivity index (χ0n) is 19.5. The Bertz CT molecular complexity index is 1130. The Labute approximate surface area is 198 Å². The number of likely N-dealkylation sites (tertiary alicyclic amines) is 1. The summed E-state index contributed by atoms with van der Waals surface area (Å²) in [4.78, 5) is 27.9. The molecule has 0 unspecified atom stereocenters. The highest BCUT2D eigenvalue weighted by molar-refractivity contribution is 6.46. The number of amides is 1. The van der Waals surface area contributed by atoms with E-state index in [9.17, 15) is 14.7 Å². The van der Waals surface area contributed by atoms with Gasteiger partial charge in [0.15, 0.2) is 0 Å². The summed E-state index contributed by atoms with van der Waals surface area (Å²) in [6, 6.07) is 12.0. The van der Waals surface area contributed by atoms with E-state index in [1.165, 1.54) is 4.90 Å². The number of benzene rings is 2. The molecule has 7 heteroatoms. The average Bonchev–Trinajstić information content (AvgIpc) is 3.53. The van der Waals surface area contributed by atoms with E-state index in [0.29, 0.717) is 31.1 Å². The van der Waals surface area contributed by atoms with Crippen molar-refractivity contribution in [3.63, 3.8) is 0 Å². The van der Waals surface area contributed by atoms with Gasteiger partial charge < -0.3 is 24.2 Å². The molecular formula is C27H29NO6. The molecule has 2 aromatic rings. The molecule has 7 nitrogen and oxygen atoms in total. The van der Waals surface area contributed by atoms with E-state index in [2.05, 4.69) is 0 Å². The van der Waals surface area contributed by atoms with Crippen LogP contribution in [0.5, 0.6) is 11.5 Å². The number of hydrogen-bond acceptors (Lipinski definition) is 6. The first-order chi connectivity index (χ1) is 16.5. The van der Waals surface area contributed by atoms with E-state index in [-0.39, 0.29) is 23.5 Å². The molecule has 1 N–H and O–H groups in total. The lowest BCUT2D eigenvalue weighted by molar-refractivity contribution is -0.140. The fourth-order valence-corrected chi connectivity index (χ4v) is 5.06. The molecular weight excluding hydrogens is 434 g/mol. The molecule has 0 aromatic heterocycles. The first-order valence-electron chi connectivity index (χ1n) is 11.9. The van der Waals surface area contributed by atoms with Crippen molar-refractivity contribution in [2.24, 2.45) is 0 Å². The summed E-state index contributed by atoms with van der Waals surface area (Å²) in [5.41, 5.74) is 2.31. The second kappa shape index (κ2) is 9.14. The summed E-state index contributed by atoms with van der Waals surface area (Å²) in [6.07, 6.45) is 2.43. The van der Waals surface area contributed by atoms with E-state index in [1.807, 2.05) is 50.2 Å². The molecule has 3 atom stereocenters. The Morgan fingerprint density at radius 3 is 2.68 bits per heavy atom. The third-order valence-corrected chi connectivity index (χ3v) is 6.64. The Hall–Kier alpha value is -3.32. The monoisotopic (exact) mass is 463 g/mol. The van der Waals surface area contributed by atoms with Crippen molar-refractivity contribution in [1.29, 1.82) is 0 Å². The van der Waals surface area contributed by atoms with Crippen molar-refractivity contribution >= 4 is 17.4 Å². The zero-order valence-corrected chi connectivity index (χ0v) is 19.5. The molecule has 1 amide bonds. The highest BCUT2D eigenvalue weighted by Crippen LogP contribution is 2.41. The molecule has 0 radical (unpaired) electrons. The fraction of sp³-hybridized carbons (Fsp3) is 0.407. The summed E-state index contributed by atoms with van der Waals surface area (Å²) in [5.74, 6) is 0.0176. The molecule has 3 heterocycles. The van der Waals surface area contributed by atoms with Crippen LogP contribution >= 0.6 is 0 Å². The number of carbonyl (C=O) groups is 2. The van der Waals surface area contributed by atoms with Gasteiger partial charge in [-0.1, -0.05) is 12.1 Å². The summed E-state index contributed by atoms with van der Waals surface area (Å²) >= 11 is 0. The van der Waals surface area contributed by atoms with E-state index in [1.54, 1.807) is 6.07 Å². The SMILES string of the molecule is CCOc1ccc([C@@H]2C(=C(O)c3ccc4c(c3)C[C@@H](C)O4)C(=O)C(=O)N2C[C@@H]2CCCO2)cc1. The molecule has 2 fully saturated rings. The van der Waals surface area contributed by atoms with Gasteiger partial charge in [0.1, 0.15) is 23.4 Å². The predicted octanol–water partition coefficient (Wildman–Crippen LogP) is 4.01. The lowest BCUT2D eigenvalue weighted by Gasteiger charge is -2.27. The molecule has 3 aliphatic heterocycles. The molecule has 178 valence electrons. The van der Waals surface area contributed by atoms with Gasteiger partial charge in [0.2, 0.25) is 0 Å². The number of fused-ring (bicyclic) bond motifs is 1. The van der Waals surface area contributed by atoms with Crippen molar-refractivity contribution < 1.29 is 28.9 Å². The van der Waals surface area contributed by atoms with Crippen LogP contribution in [0.3, 0.4) is 0 Å². The maximum Gasteiger partial charge on any atom is 0.295 e. The van der Waals surface area contributed by atoms with Gasteiger partial charge in [0, 0.05) is 25.1 Å². The first-order valence-corrected chi connectivity index (χ1v) is 11.9. The van der Waals surface area contributed by atoms with Gasteiger partial charge >= 0.3 is 0 Å². The summed E-state index contributed by atoms with van der Waals surface area (Å²) < 4.78 is 17.1. The van der Waals surface area contributed by atoms with Crippen molar-refractivity contribution in [2.75, 3.05) is 19.8 Å². The highest BCUT2D eigenvalue weighted by Gasteiger charge is 2.47. The van der Waals surface area contributed by atoms with Crippen LogP contribution in [0.25, 0.3) is 5.76 Å². The van der Waals surface area contributed by atoms with Crippen LogP contribution in [0.2, 0.25) is 0 Å². The second-order valence-corrected chi connectivity index (χ2v) is 9.04. The highest BCUT2D eigenvalue weighted by atomic mass is 16.5. The number of aliphatic hydroxyl groups excluding tert-OH is 1. The molecule has 2 saturated heterocycles. The van der Waals surface area contributed by atoms with Gasteiger partial charge in [0.05, 0.1) is 24.3 Å². The van der Waals surface area contributed by atoms with Crippen LogP contribution in [-0.4, -0.2) is 53.7 Å². The van der Waals surface area contributed by atoms with Crippen LogP contribution in [-0.2, 0) is 20.7 Å². The van der Waals surface area contributed by atoms with Crippen LogP contribution in [0, 0.1) is 0 Å². The van der Waals surface area contributed by atoms with Crippen molar-refractivity contribution in [2.45, 2.75) is 51.4 Å². The molecule has 0 aliphatic carbocycles. The largest absolute Gasteiger partial charge is 0.507 e. The standard InChI is InChI=1S/C27H29NO6/c1-3-32-20-9-6-17(7-10-20)24-23(26(30)27(31)28(24)15-21-5-4-12-33-21)25(29)18-8-11-22-19(14-18)13-16(2)34-22/h6-11,14,16,21,24,29H,3-5,12-13,15H2,1-2H3/t16-,21+,24-/m1/s1. The van der Waals surface area contributed by atoms with Crippen molar-refractivity contribution in [3.8, 4) is 11.5 Å². The predicted molar refractivity (Wildman–Crippen MR) is 126 cm³/mol. The smallest absolute Gasteiger partial charge is 0.295 e. The van der Waals surface area contributed by atoms with Crippen molar-refractivity contribution in [1.82, 2.24) is 4.90 Å². The number of Topliss-reactive ketones (excluding diaryl/α,β-unsaturated/α-hetero) is 1. The van der Waals surface area contributed by atoms with E-state index < -0.39 is 17.7 Å². The maximum absolute atomic E-state index is 13.2. The summed E-state index contributed by atoms with van der Waals surface area (Å²) in [5, 5.41) is 11.3. The van der Waals surface area contributed by atoms with Gasteiger partial charge in [-0.05, 0) is 68.1 Å². The minimum atomic E-state index is -0.705. The third kappa shape index (κ3) is 4.05. The Morgan fingerprint density at radius 2 is 1.97 bits per heavy atom. The van der Waals surface area contributed by atoms with Crippen LogP contribution in [0.4, 0.5) is 0 Å². The molecule has 5 rings (SSSR count). The fourth-order valence-electron chi connectivity index (χ4n) is 5.06. The number of rotatable bonds is 6. The minimum absolute atomic E-state index is 0.0632. The van der Waals surface area contributed by atoms with Gasteiger partial charge in [-0.2, -0.15) is 0 Å². The lowest BCUT2D eigenvalue weighted by atomic mass is 9.94. The number of carbonyl (C=O) groups excluding carboxylic acids is 2. The van der Waals surface area contributed by atoms with Gasteiger partial charge in [-0.15, -0.1) is 0 Å². The molecule has 0 saturated carbocycles. The summed E-state index contributed by atoms with van der Waals surface area (Å²) in [6.45, 7) is 5.39. The van der Waals surface area contributed by atoms with E-state index in [4.69, 9.17) is 14.2 Å². The lowest BCUT2D eigenvalue weighted by Crippen LogP contribution is -2.36. The van der Waals surface area contributed by atoms with Crippen molar-refractivity contribution in [3.05, 3.63) is 64.7 Å². The minimum Gasteiger partial charge on any atom is -0.507 e. The van der Waals surface area contributed by atoms with Gasteiger partial charge in [0.25, 0.3) is 11.7 Å². The van der Waals surface area contributed by atoms with Crippen LogP contribution < -0.4 is 9.47 Å². The van der Waals surface area contributed by atoms with Gasteiger partial charge in [-0.3, -0.25) is 9.59 Å². The topological polar surface area (TPSA) is 85.3 Å².